The van der Waals surface area contributed by atoms with Gasteiger partial charge in [-0.15, -0.1) is 0 Å². The highest BCUT2D eigenvalue weighted by Gasteiger charge is 2.72. The number of ether oxygens (including phenoxy) is 2. The van der Waals surface area contributed by atoms with E-state index in [-0.39, 0.29) is 11.0 Å². The second kappa shape index (κ2) is 3.76. The molecule has 0 aromatic heterocycles. The Morgan fingerprint density at radius 2 is 2.18 bits per heavy atom. The van der Waals surface area contributed by atoms with Gasteiger partial charge in [0, 0.05) is 43.3 Å². The summed E-state index contributed by atoms with van der Waals surface area (Å²) in [5.41, 5.74) is 3.44. The van der Waals surface area contributed by atoms with Crippen LogP contribution in [0.2, 0.25) is 0 Å². The van der Waals surface area contributed by atoms with Crippen LogP contribution in [0.1, 0.15) is 52.4 Å². The van der Waals surface area contributed by atoms with E-state index in [1.54, 1.807) is 7.11 Å². The highest BCUT2D eigenvalue weighted by molar-refractivity contribution is 6.01. The van der Waals surface area contributed by atoms with Crippen molar-refractivity contribution in [3.05, 3.63) is 22.8 Å². The van der Waals surface area contributed by atoms with E-state index >= 15 is 0 Å². The average molecular weight is 300 g/mol. The highest BCUT2D eigenvalue weighted by Crippen LogP contribution is 2.72. The summed E-state index contributed by atoms with van der Waals surface area (Å²) in [6.45, 7) is 4.56. The quantitative estimate of drug-likeness (QED) is 0.695. The lowest BCUT2D eigenvalue weighted by Crippen LogP contribution is -2.69. The van der Waals surface area contributed by atoms with E-state index in [1.165, 1.54) is 11.1 Å². The zero-order valence-electron chi connectivity index (χ0n) is 13.7. The summed E-state index contributed by atoms with van der Waals surface area (Å²) in [6, 6.07) is 0. The number of carbonyl (C=O) groups excluding carboxylic acids is 1. The minimum Gasteiger partial charge on any atom is -0.353 e. The first-order valence-corrected chi connectivity index (χ1v) is 8.68. The maximum Gasteiger partial charge on any atom is 0.169 e. The van der Waals surface area contributed by atoms with Crippen LogP contribution in [0.4, 0.5) is 0 Å². The SMILES string of the molecule is CO[C@@]12CC[C@@]3(C)[C@H](CC=C4C5CCC(=O)C5=C(C)[C@]43O1)C2. The smallest absolute Gasteiger partial charge is 0.169 e. The lowest BCUT2D eigenvalue weighted by Gasteiger charge is -2.67. The van der Waals surface area contributed by atoms with Crippen LogP contribution in [-0.2, 0) is 14.3 Å². The summed E-state index contributed by atoms with van der Waals surface area (Å²) in [6.07, 6.45) is 8.32. The third-order valence-corrected chi connectivity index (χ3v) is 7.64. The molecule has 1 spiro atoms. The summed E-state index contributed by atoms with van der Waals surface area (Å²) < 4.78 is 12.7. The molecule has 118 valence electrons. The molecule has 4 bridgehead atoms. The van der Waals surface area contributed by atoms with Crippen molar-refractivity contribution in [3.63, 3.8) is 0 Å². The van der Waals surface area contributed by atoms with Gasteiger partial charge in [0.1, 0.15) is 5.60 Å². The second-order valence-electron chi connectivity index (χ2n) is 8.16. The molecule has 3 nitrogen and oxygen atoms in total. The molecule has 1 unspecified atom stereocenters. The Hall–Kier alpha value is -0.930. The molecule has 0 N–H and O–H groups in total. The van der Waals surface area contributed by atoms with Gasteiger partial charge < -0.3 is 9.47 Å². The number of rotatable bonds is 1. The van der Waals surface area contributed by atoms with Crippen molar-refractivity contribution >= 4 is 5.78 Å². The predicted octanol–water partition coefficient (Wildman–Crippen LogP) is 3.54. The lowest BCUT2D eigenvalue weighted by atomic mass is 9.48. The van der Waals surface area contributed by atoms with Crippen LogP contribution in [0.3, 0.4) is 0 Å². The van der Waals surface area contributed by atoms with Crippen LogP contribution in [0, 0.1) is 17.3 Å². The monoisotopic (exact) mass is 300 g/mol. The molecule has 2 saturated carbocycles. The van der Waals surface area contributed by atoms with Gasteiger partial charge in [0.05, 0.1) is 0 Å². The van der Waals surface area contributed by atoms with Crippen molar-refractivity contribution in [2.75, 3.05) is 7.11 Å². The molecule has 0 amide bonds. The molecule has 6 aliphatic rings. The van der Waals surface area contributed by atoms with Gasteiger partial charge in [-0.05, 0) is 43.3 Å². The van der Waals surface area contributed by atoms with Crippen molar-refractivity contribution < 1.29 is 14.3 Å². The number of fused-ring (bicyclic) bond motifs is 3. The molecular weight excluding hydrogens is 276 g/mol. The third kappa shape index (κ3) is 1.17. The molecule has 2 saturated heterocycles. The summed E-state index contributed by atoms with van der Waals surface area (Å²) in [7, 11) is 1.78. The van der Waals surface area contributed by atoms with Crippen LogP contribution >= 0.6 is 0 Å². The Morgan fingerprint density at radius 1 is 1.36 bits per heavy atom. The summed E-state index contributed by atoms with van der Waals surface area (Å²) >= 11 is 0. The maximum absolute atomic E-state index is 12.5. The van der Waals surface area contributed by atoms with Gasteiger partial charge in [-0.25, -0.2) is 0 Å². The molecule has 22 heavy (non-hydrogen) atoms. The van der Waals surface area contributed by atoms with Gasteiger partial charge in [0.25, 0.3) is 0 Å². The zero-order valence-corrected chi connectivity index (χ0v) is 13.7. The standard InChI is InChI=1S/C19H24O3/c1-11-16-13(5-7-15(16)20)14-6-4-12-10-18(21-3)9-8-17(12,2)19(11,14)22-18/h6,12-13H,4-5,7-10H2,1-3H3/t12-,13?,17+,18+,19+/m1/s1. The number of ketones is 1. The molecule has 0 aromatic carbocycles. The fourth-order valence-corrected chi connectivity index (χ4v) is 6.51. The first-order chi connectivity index (χ1) is 10.5. The van der Waals surface area contributed by atoms with Crippen LogP contribution in [0.15, 0.2) is 22.8 Å². The molecule has 2 aliphatic heterocycles. The minimum atomic E-state index is -0.439. The average Bonchev–Trinajstić information content (AvgIpc) is 2.97. The Morgan fingerprint density at radius 3 is 2.95 bits per heavy atom. The van der Waals surface area contributed by atoms with Crippen LogP contribution in [0.25, 0.3) is 0 Å². The number of hydrogen-bond donors (Lipinski definition) is 0. The Kier molecular flexibility index (Phi) is 2.31. The van der Waals surface area contributed by atoms with E-state index in [0.717, 1.165) is 37.7 Å². The summed E-state index contributed by atoms with van der Waals surface area (Å²) in [4.78, 5) is 12.5. The number of carbonyl (C=O) groups is 1. The number of Topliss-reactive ketones (excluding diaryl/α,β-unsaturated/α-hetero) is 1. The fraction of sp³-hybridized carbons (Fsp3) is 0.737. The maximum atomic E-state index is 12.5. The molecule has 0 aromatic rings. The highest BCUT2D eigenvalue weighted by atomic mass is 16.7. The number of methoxy groups -OCH3 is 1. The topological polar surface area (TPSA) is 35.5 Å². The second-order valence-corrected chi connectivity index (χ2v) is 8.16. The van der Waals surface area contributed by atoms with Gasteiger partial charge >= 0.3 is 0 Å². The first-order valence-electron chi connectivity index (χ1n) is 8.68. The fourth-order valence-electron chi connectivity index (χ4n) is 6.51. The molecule has 6 rings (SSSR count). The largest absolute Gasteiger partial charge is 0.353 e. The molecule has 2 heterocycles. The molecule has 3 heteroatoms. The third-order valence-electron chi connectivity index (χ3n) is 7.64. The summed E-state index contributed by atoms with van der Waals surface area (Å²) in [5, 5.41) is 0. The van der Waals surface area contributed by atoms with E-state index in [0.29, 0.717) is 24.0 Å². The van der Waals surface area contributed by atoms with Gasteiger partial charge in [0.15, 0.2) is 11.6 Å². The van der Waals surface area contributed by atoms with Gasteiger partial charge in [-0.1, -0.05) is 13.0 Å². The molecule has 0 radical (unpaired) electrons. The van der Waals surface area contributed by atoms with E-state index in [1.807, 2.05) is 0 Å². The van der Waals surface area contributed by atoms with Gasteiger partial charge in [0.2, 0.25) is 0 Å². The molecule has 4 fully saturated rings. The number of hydrogen-bond acceptors (Lipinski definition) is 3. The number of allylic oxidation sites excluding steroid dienone is 2. The lowest BCUT2D eigenvalue weighted by molar-refractivity contribution is -0.368. The van der Waals surface area contributed by atoms with E-state index in [2.05, 4.69) is 19.9 Å². The Balaban J connectivity index is 1.79. The van der Waals surface area contributed by atoms with Crippen molar-refractivity contribution in [1.82, 2.24) is 0 Å². The van der Waals surface area contributed by atoms with Crippen LogP contribution < -0.4 is 0 Å². The molecule has 5 atom stereocenters. The van der Waals surface area contributed by atoms with Crippen LogP contribution in [0.5, 0.6) is 0 Å². The first kappa shape index (κ1) is 13.5. The van der Waals surface area contributed by atoms with Crippen LogP contribution in [-0.4, -0.2) is 24.3 Å². The molecule has 4 aliphatic carbocycles. The minimum absolute atomic E-state index is 0.124. The Bertz CT molecular complexity index is 660. The van der Waals surface area contributed by atoms with Crippen molar-refractivity contribution in [3.8, 4) is 0 Å². The van der Waals surface area contributed by atoms with Gasteiger partial charge in [-0.3, -0.25) is 4.79 Å². The molecular formula is C19H24O3. The van der Waals surface area contributed by atoms with E-state index in [4.69, 9.17) is 9.47 Å². The normalized spacial score (nSPS) is 52.0. The van der Waals surface area contributed by atoms with Crippen molar-refractivity contribution in [2.45, 2.75) is 63.8 Å². The van der Waals surface area contributed by atoms with E-state index in [9.17, 15) is 4.79 Å². The zero-order chi connectivity index (χ0) is 15.3. The van der Waals surface area contributed by atoms with E-state index < -0.39 is 5.79 Å². The van der Waals surface area contributed by atoms with Crippen molar-refractivity contribution in [2.24, 2.45) is 17.3 Å². The Labute approximate surface area is 131 Å². The predicted molar refractivity (Wildman–Crippen MR) is 82.1 cm³/mol. The van der Waals surface area contributed by atoms with Crippen molar-refractivity contribution in [1.29, 1.82) is 0 Å². The van der Waals surface area contributed by atoms with Gasteiger partial charge in [-0.2, -0.15) is 0 Å². The summed E-state index contributed by atoms with van der Waals surface area (Å²) in [5.74, 6) is 0.830.